The Morgan fingerprint density at radius 2 is 2.12 bits per heavy atom. The van der Waals surface area contributed by atoms with Gasteiger partial charge in [0.1, 0.15) is 0 Å². The predicted molar refractivity (Wildman–Crippen MR) is 66.8 cm³/mol. The van der Waals surface area contributed by atoms with Gasteiger partial charge >= 0.3 is 5.97 Å². The van der Waals surface area contributed by atoms with Crippen molar-refractivity contribution in [2.24, 2.45) is 11.7 Å². The van der Waals surface area contributed by atoms with Crippen molar-refractivity contribution in [3.63, 3.8) is 0 Å². The van der Waals surface area contributed by atoms with E-state index in [2.05, 4.69) is 12.1 Å². The normalized spacial score (nSPS) is 17.5. The Labute approximate surface area is 102 Å². The fourth-order valence-electron chi connectivity index (χ4n) is 2.44. The van der Waals surface area contributed by atoms with Crippen LogP contribution in [0.4, 0.5) is 0 Å². The molecule has 1 aliphatic rings. The molecule has 3 heteroatoms. The van der Waals surface area contributed by atoms with E-state index in [1.165, 1.54) is 17.5 Å². The first-order valence-electron chi connectivity index (χ1n) is 6.18. The number of rotatable bonds is 4. The molecule has 0 spiro atoms. The predicted octanol–water partition coefficient (Wildman–Crippen LogP) is 2.29. The second-order valence-electron chi connectivity index (χ2n) is 4.96. The van der Waals surface area contributed by atoms with E-state index in [0.717, 1.165) is 18.4 Å². The SMILES string of the molecule is CC(CC(N)c1ccc2c(c1)CCC2)C(=O)O. The van der Waals surface area contributed by atoms with Crippen LogP contribution in [0.5, 0.6) is 0 Å². The van der Waals surface area contributed by atoms with Gasteiger partial charge in [0.15, 0.2) is 0 Å². The third-order valence-corrected chi connectivity index (χ3v) is 3.58. The van der Waals surface area contributed by atoms with Crippen molar-refractivity contribution in [2.75, 3.05) is 0 Å². The fraction of sp³-hybridized carbons (Fsp3) is 0.500. The van der Waals surface area contributed by atoms with Gasteiger partial charge in [0.2, 0.25) is 0 Å². The van der Waals surface area contributed by atoms with Gasteiger partial charge in [-0.3, -0.25) is 4.79 Å². The topological polar surface area (TPSA) is 63.3 Å². The number of carboxylic acid groups (broad SMARTS) is 1. The molecule has 1 aromatic rings. The first kappa shape index (κ1) is 12.1. The summed E-state index contributed by atoms with van der Waals surface area (Å²) in [6, 6.07) is 6.17. The summed E-state index contributed by atoms with van der Waals surface area (Å²) in [5.74, 6) is -1.17. The lowest BCUT2D eigenvalue weighted by Crippen LogP contribution is -2.19. The van der Waals surface area contributed by atoms with E-state index in [-0.39, 0.29) is 6.04 Å². The molecule has 0 amide bonds. The average Bonchev–Trinajstić information content (AvgIpc) is 2.75. The summed E-state index contributed by atoms with van der Waals surface area (Å²) in [5.41, 5.74) is 9.95. The Balaban J connectivity index is 2.09. The van der Waals surface area contributed by atoms with E-state index in [1.54, 1.807) is 6.92 Å². The largest absolute Gasteiger partial charge is 0.481 e. The molecule has 0 radical (unpaired) electrons. The summed E-state index contributed by atoms with van der Waals surface area (Å²) in [7, 11) is 0. The van der Waals surface area contributed by atoms with E-state index >= 15 is 0 Å². The molecule has 0 aliphatic heterocycles. The number of fused-ring (bicyclic) bond motifs is 1. The van der Waals surface area contributed by atoms with Crippen molar-refractivity contribution in [1.29, 1.82) is 0 Å². The lowest BCUT2D eigenvalue weighted by Gasteiger charge is -2.15. The van der Waals surface area contributed by atoms with Crippen molar-refractivity contribution in [3.8, 4) is 0 Å². The fourth-order valence-corrected chi connectivity index (χ4v) is 2.44. The van der Waals surface area contributed by atoms with Crippen LogP contribution < -0.4 is 5.73 Å². The number of carboxylic acids is 1. The van der Waals surface area contributed by atoms with Crippen molar-refractivity contribution >= 4 is 5.97 Å². The molecule has 3 nitrogen and oxygen atoms in total. The number of benzene rings is 1. The van der Waals surface area contributed by atoms with Gasteiger partial charge in [0, 0.05) is 6.04 Å². The van der Waals surface area contributed by atoms with Gasteiger partial charge in [0.05, 0.1) is 5.92 Å². The minimum Gasteiger partial charge on any atom is -0.481 e. The van der Waals surface area contributed by atoms with Crippen LogP contribution in [-0.4, -0.2) is 11.1 Å². The summed E-state index contributed by atoms with van der Waals surface area (Å²) < 4.78 is 0. The second-order valence-corrected chi connectivity index (χ2v) is 4.96. The Bertz CT molecular complexity index is 428. The van der Waals surface area contributed by atoms with Gasteiger partial charge in [-0.05, 0) is 42.4 Å². The molecule has 92 valence electrons. The monoisotopic (exact) mass is 233 g/mol. The summed E-state index contributed by atoms with van der Waals surface area (Å²) in [6.45, 7) is 1.70. The summed E-state index contributed by atoms with van der Waals surface area (Å²) >= 11 is 0. The number of hydrogen-bond acceptors (Lipinski definition) is 2. The maximum atomic E-state index is 10.8. The Morgan fingerprint density at radius 3 is 2.82 bits per heavy atom. The van der Waals surface area contributed by atoms with Crippen LogP contribution >= 0.6 is 0 Å². The quantitative estimate of drug-likeness (QED) is 0.838. The summed E-state index contributed by atoms with van der Waals surface area (Å²) in [5, 5.41) is 8.88. The molecule has 1 aliphatic carbocycles. The first-order chi connectivity index (χ1) is 8.08. The van der Waals surface area contributed by atoms with E-state index < -0.39 is 11.9 Å². The van der Waals surface area contributed by atoms with Crippen molar-refractivity contribution in [1.82, 2.24) is 0 Å². The molecule has 2 rings (SSSR count). The minimum atomic E-state index is -0.776. The van der Waals surface area contributed by atoms with Gasteiger partial charge < -0.3 is 10.8 Å². The molecule has 0 bridgehead atoms. The van der Waals surface area contributed by atoms with Crippen LogP contribution in [-0.2, 0) is 17.6 Å². The van der Waals surface area contributed by atoms with Crippen LogP contribution in [0, 0.1) is 5.92 Å². The van der Waals surface area contributed by atoms with Gasteiger partial charge in [0.25, 0.3) is 0 Å². The average molecular weight is 233 g/mol. The molecule has 0 fully saturated rings. The van der Waals surface area contributed by atoms with Crippen LogP contribution in [0.25, 0.3) is 0 Å². The molecule has 0 heterocycles. The lowest BCUT2D eigenvalue weighted by molar-refractivity contribution is -0.141. The second kappa shape index (κ2) is 4.88. The minimum absolute atomic E-state index is 0.174. The Morgan fingerprint density at radius 1 is 1.41 bits per heavy atom. The highest BCUT2D eigenvalue weighted by Gasteiger charge is 2.18. The van der Waals surface area contributed by atoms with E-state index in [9.17, 15) is 4.79 Å². The highest BCUT2D eigenvalue weighted by molar-refractivity contribution is 5.69. The maximum Gasteiger partial charge on any atom is 0.306 e. The third-order valence-electron chi connectivity index (χ3n) is 3.58. The van der Waals surface area contributed by atoms with E-state index in [1.807, 2.05) is 6.07 Å². The smallest absolute Gasteiger partial charge is 0.306 e. The van der Waals surface area contributed by atoms with Crippen LogP contribution in [0.2, 0.25) is 0 Å². The van der Waals surface area contributed by atoms with Gasteiger partial charge in [-0.2, -0.15) is 0 Å². The molecule has 1 aromatic carbocycles. The molecular formula is C14H19NO2. The number of carbonyl (C=O) groups is 1. The molecule has 0 saturated carbocycles. The number of nitrogens with two attached hydrogens (primary N) is 1. The molecule has 2 atom stereocenters. The Kier molecular flexibility index (Phi) is 3.48. The molecule has 3 N–H and O–H groups in total. The highest BCUT2D eigenvalue weighted by Crippen LogP contribution is 2.27. The number of hydrogen-bond donors (Lipinski definition) is 2. The standard InChI is InChI=1S/C14H19NO2/c1-9(14(16)17)7-13(15)12-6-5-10-3-2-4-11(10)8-12/h5-6,8-9,13H,2-4,7,15H2,1H3,(H,16,17). The molecule has 0 saturated heterocycles. The molecule has 17 heavy (non-hydrogen) atoms. The van der Waals surface area contributed by atoms with Crippen LogP contribution in [0.3, 0.4) is 0 Å². The Hall–Kier alpha value is -1.35. The first-order valence-corrected chi connectivity index (χ1v) is 6.18. The molecule has 0 aromatic heterocycles. The lowest BCUT2D eigenvalue weighted by atomic mass is 9.94. The summed E-state index contributed by atoms with van der Waals surface area (Å²) in [4.78, 5) is 10.8. The zero-order valence-corrected chi connectivity index (χ0v) is 10.1. The summed E-state index contributed by atoms with van der Waals surface area (Å²) in [6.07, 6.45) is 4.01. The van der Waals surface area contributed by atoms with Crippen molar-refractivity contribution < 1.29 is 9.90 Å². The third kappa shape index (κ3) is 2.67. The molecule has 2 unspecified atom stereocenters. The number of aryl methyl sites for hydroxylation is 2. The van der Waals surface area contributed by atoms with Crippen molar-refractivity contribution in [3.05, 3.63) is 34.9 Å². The van der Waals surface area contributed by atoms with Crippen LogP contribution in [0.15, 0.2) is 18.2 Å². The maximum absolute atomic E-state index is 10.8. The zero-order valence-electron chi connectivity index (χ0n) is 10.1. The van der Waals surface area contributed by atoms with E-state index in [0.29, 0.717) is 6.42 Å². The van der Waals surface area contributed by atoms with Gasteiger partial charge in [-0.1, -0.05) is 25.1 Å². The highest BCUT2D eigenvalue weighted by atomic mass is 16.4. The van der Waals surface area contributed by atoms with Gasteiger partial charge in [-0.25, -0.2) is 0 Å². The van der Waals surface area contributed by atoms with Gasteiger partial charge in [-0.15, -0.1) is 0 Å². The number of aliphatic carboxylic acids is 1. The van der Waals surface area contributed by atoms with E-state index in [4.69, 9.17) is 10.8 Å². The van der Waals surface area contributed by atoms with Crippen molar-refractivity contribution in [2.45, 2.75) is 38.6 Å². The zero-order chi connectivity index (χ0) is 12.4. The molecular weight excluding hydrogens is 214 g/mol. The van der Waals surface area contributed by atoms with Crippen LogP contribution in [0.1, 0.15) is 42.5 Å².